The molecule has 0 amide bonds. The third-order valence-corrected chi connectivity index (χ3v) is 7.05. The fraction of sp³-hybridized carbons (Fsp3) is 0.423. The van der Waals surface area contributed by atoms with Crippen LogP contribution in [0, 0.1) is 5.82 Å². The van der Waals surface area contributed by atoms with Gasteiger partial charge in [0, 0.05) is 57.5 Å². The van der Waals surface area contributed by atoms with E-state index in [1.807, 2.05) is 24.8 Å². The maximum atomic E-state index is 15.3. The van der Waals surface area contributed by atoms with Gasteiger partial charge in [-0.15, -0.1) is 0 Å². The number of hydrogen-bond donors (Lipinski definition) is 2. The highest BCUT2D eigenvalue weighted by Crippen LogP contribution is 2.28. The first kappa shape index (κ1) is 24.2. The molecule has 5 rings (SSSR count). The minimum Gasteiger partial charge on any atom is -0.477 e. The maximum Gasteiger partial charge on any atom is 0.341 e. The first-order chi connectivity index (χ1) is 17.2. The van der Waals surface area contributed by atoms with Crippen molar-refractivity contribution >= 4 is 28.2 Å². The molecule has 0 radical (unpaired) electrons. The highest BCUT2D eigenvalue weighted by molar-refractivity contribution is 5.94. The van der Waals surface area contributed by atoms with Crippen LogP contribution in [0.1, 0.15) is 24.2 Å². The van der Waals surface area contributed by atoms with Gasteiger partial charge in [-0.05, 0) is 45.2 Å². The van der Waals surface area contributed by atoms with Gasteiger partial charge in [-0.3, -0.25) is 4.79 Å². The van der Waals surface area contributed by atoms with Gasteiger partial charge in [0.15, 0.2) is 0 Å². The highest BCUT2D eigenvalue weighted by atomic mass is 19.1. The van der Waals surface area contributed by atoms with E-state index in [1.54, 1.807) is 22.9 Å². The topological polar surface area (TPSA) is 93.9 Å². The molecule has 190 valence electrons. The van der Waals surface area contributed by atoms with Crippen LogP contribution >= 0.6 is 0 Å². The van der Waals surface area contributed by atoms with Crippen molar-refractivity contribution in [1.29, 1.82) is 0 Å². The molecule has 1 aromatic carbocycles. The summed E-state index contributed by atoms with van der Waals surface area (Å²) in [5.74, 6) is -1.45. The Morgan fingerprint density at radius 2 is 1.78 bits per heavy atom. The van der Waals surface area contributed by atoms with Gasteiger partial charge in [-0.2, -0.15) is 0 Å². The molecule has 2 aliphatic rings. The molecule has 0 bridgehead atoms. The van der Waals surface area contributed by atoms with E-state index in [0.717, 1.165) is 37.9 Å². The summed E-state index contributed by atoms with van der Waals surface area (Å²) >= 11 is 0. The van der Waals surface area contributed by atoms with E-state index in [2.05, 4.69) is 27.1 Å². The molecular formula is C26H31FN6O3. The number of carboxylic acids is 1. The number of aromatic nitrogens is 2. The second-order valence-electron chi connectivity index (χ2n) is 9.91. The molecule has 2 atom stereocenters. The fourth-order valence-electron chi connectivity index (χ4n) is 5.21. The summed E-state index contributed by atoms with van der Waals surface area (Å²) in [6, 6.07) is 6.89. The quantitative estimate of drug-likeness (QED) is 0.570. The Kier molecular flexibility index (Phi) is 6.40. The van der Waals surface area contributed by atoms with Crippen LogP contribution in [0.4, 0.5) is 15.8 Å². The molecule has 10 heteroatoms. The molecular weight excluding hydrogens is 463 g/mol. The number of hydrogen-bond acceptors (Lipinski definition) is 7. The second kappa shape index (κ2) is 9.51. The average Bonchev–Trinajstić information content (AvgIpc) is 2.84. The fourth-order valence-corrected chi connectivity index (χ4v) is 5.21. The summed E-state index contributed by atoms with van der Waals surface area (Å²) in [6.07, 6.45) is 3.05. The summed E-state index contributed by atoms with van der Waals surface area (Å²) in [5, 5.41) is 13.1. The highest BCUT2D eigenvalue weighted by Gasteiger charge is 2.25. The van der Waals surface area contributed by atoms with Crippen LogP contribution in [0.15, 0.2) is 41.5 Å². The Morgan fingerprint density at radius 1 is 1.08 bits per heavy atom. The number of pyridine rings is 2. The molecule has 0 spiro atoms. The second-order valence-corrected chi connectivity index (χ2v) is 9.91. The largest absolute Gasteiger partial charge is 0.477 e. The predicted octanol–water partition coefficient (Wildman–Crippen LogP) is 2.16. The molecule has 2 fully saturated rings. The lowest BCUT2D eigenvalue weighted by Gasteiger charge is -2.38. The molecule has 2 aromatic heterocycles. The van der Waals surface area contributed by atoms with Crippen LogP contribution in [0.5, 0.6) is 0 Å². The van der Waals surface area contributed by atoms with E-state index in [1.165, 1.54) is 6.20 Å². The van der Waals surface area contributed by atoms with Crippen molar-refractivity contribution < 1.29 is 14.3 Å². The van der Waals surface area contributed by atoms with E-state index in [9.17, 15) is 14.7 Å². The van der Waals surface area contributed by atoms with Gasteiger partial charge in [0.05, 0.1) is 28.5 Å². The Balaban J connectivity index is 1.62. The van der Waals surface area contributed by atoms with E-state index in [0.29, 0.717) is 30.1 Å². The number of likely N-dealkylation sites (N-methyl/N-ethyl adjacent to an activating group) is 1. The van der Waals surface area contributed by atoms with Gasteiger partial charge in [0.1, 0.15) is 17.2 Å². The zero-order chi connectivity index (χ0) is 25.6. The molecule has 0 aliphatic carbocycles. The SMILES string of the molecule is CC1CN(c2cc3c(cc2F)c(=O)c(C(=O)O)cn3-c2ccc(N3CCN(C)CC3)cn2)CC(C)N1. The van der Waals surface area contributed by atoms with Gasteiger partial charge in [0.25, 0.3) is 0 Å². The van der Waals surface area contributed by atoms with Crippen LogP contribution in [-0.2, 0) is 0 Å². The Hall–Kier alpha value is -3.50. The minimum atomic E-state index is -1.36. The number of carboxylic acid groups (broad SMARTS) is 1. The Bertz CT molecular complexity index is 1340. The van der Waals surface area contributed by atoms with Crippen molar-refractivity contribution in [3.63, 3.8) is 0 Å². The average molecular weight is 495 g/mol. The lowest BCUT2D eigenvalue weighted by molar-refractivity contribution is 0.0695. The van der Waals surface area contributed by atoms with Crippen LogP contribution in [0.2, 0.25) is 0 Å². The summed E-state index contributed by atoms with van der Waals surface area (Å²) in [5.41, 5.74) is 0.638. The van der Waals surface area contributed by atoms with E-state index < -0.39 is 22.8 Å². The number of nitrogens with zero attached hydrogens (tertiary/aromatic N) is 5. The smallest absolute Gasteiger partial charge is 0.341 e. The number of rotatable bonds is 4. The van der Waals surface area contributed by atoms with Gasteiger partial charge in [-0.1, -0.05) is 0 Å². The molecule has 2 N–H and O–H groups in total. The molecule has 2 aliphatic heterocycles. The summed E-state index contributed by atoms with van der Waals surface area (Å²) in [4.78, 5) is 35.9. The molecule has 2 saturated heterocycles. The third kappa shape index (κ3) is 4.54. The monoisotopic (exact) mass is 494 g/mol. The standard InChI is InChI=1S/C26H31FN6O3/c1-16-13-32(14-17(2)29-16)23-11-22-19(10-21(23)27)25(34)20(26(35)36)15-33(22)24-5-4-18(12-28-24)31-8-6-30(3)7-9-31/h4-5,10-12,15-17,29H,6-9,13-14H2,1-3H3,(H,35,36). The zero-order valence-corrected chi connectivity index (χ0v) is 20.7. The van der Waals surface area contributed by atoms with Crippen molar-refractivity contribution in [3.05, 3.63) is 58.3 Å². The number of halogens is 1. The van der Waals surface area contributed by atoms with Crippen LogP contribution < -0.4 is 20.5 Å². The molecule has 36 heavy (non-hydrogen) atoms. The number of carbonyl (C=O) groups is 1. The maximum absolute atomic E-state index is 15.3. The van der Waals surface area contributed by atoms with Crippen molar-refractivity contribution in [2.45, 2.75) is 25.9 Å². The first-order valence-electron chi connectivity index (χ1n) is 12.2. The van der Waals surface area contributed by atoms with Crippen molar-refractivity contribution in [2.24, 2.45) is 0 Å². The minimum absolute atomic E-state index is 0.0114. The predicted molar refractivity (Wildman–Crippen MR) is 138 cm³/mol. The van der Waals surface area contributed by atoms with Gasteiger partial charge >= 0.3 is 5.97 Å². The Morgan fingerprint density at radius 3 is 2.39 bits per heavy atom. The van der Waals surface area contributed by atoms with Crippen LogP contribution in [0.3, 0.4) is 0 Å². The first-order valence-corrected chi connectivity index (χ1v) is 12.2. The van der Waals surface area contributed by atoms with E-state index in [4.69, 9.17) is 0 Å². The summed E-state index contributed by atoms with van der Waals surface area (Å²) in [6.45, 7) is 9.03. The van der Waals surface area contributed by atoms with E-state index in [-0.39, 0.29) is 17.5 Å². The lowest BCUT2D eigenvalue weighted by atomic mass is 10.1. The number of anilines is 2. The van der Waals surface area contributed by atoms with Gasteiger partial charge in [0.2, 0.25) is 5.43 Å². The molecule has 0 saturated carbocycles. The number of fused-ring (bicyclic) bond motifs is 1. The van der Waals surface area contributed by atoms with Crippen LogP contribution in [-0.4, -0.2) is 83.9 Å². The third-order valence-electron chi connectivity index (χ3n) is 7.05. The van der Waals surface area contributed by atoms with E-state index >= 15 is 4.39 Å². The summed E-state index contributed by atoms with van der Waals surface area (Å²) in [7, 11) is 2.10. The lowest BCUT2D eigenvalue weighted by Crippen LogP contribution is -2.54. The number of aromatic carboxylic acids is 1. The van der Waals surface area contributed by atoms with Gasteiger partial charge < -0.3 is 29.7 Å². The van der Waals surface area contributed by atoms with Gasteiger partial charge in [-0.25, -0.2) is 14.2 Å². The van der Waals surface area contributed by atoms with Crippen molar-refractivity contribution in [1.82, 2.24) is 19.8 Å². The molecule has 9 nitrogen and oxygen atoms in total. The normalized spacial score (nSPS) is 21.2. The van der Waals surface area contributed by atoms with Crippen LogP contribution in [0.25, 0.3) is 16.7 Å². The Labute approximate surface area is 208 Å². The molecule has 3 aromatic rings. The number of nitrogens with one attached hydrogen (secondary N) is 1. The number of benzene rings is 1. The zero-order valence-electron chi connectivity index (χ0n) is 20.7. The summed E-state index contributed by atoms with van der Waals surface area (Å²) < 4.78 is 16.9. The molecule has 2 unspecified atom stereocenters. The van der Waals surface area contributed by atoms with Crippen molar-refractivity contribution in [3.8, 4) is 5.82 Å². The number of piperazine rings is 2. The van der Waals surface area contributed by atoms with Crippen molar-refractivity contribution in [2.75, 3.05) is 56.1 Å². The molecule has 4 heterocycles.